The van der Waals surface area contributed by atoms with Gasteiger partial charge in [0.2, 0.25) is 5.91 Å². The van der Waals surface area contributed by atoms with Crippen LogP contribution in [0.5, 0.6) is 11.5 Å². The fourth-order valence-electron chi connectivity index (χ4n) is 3.02. The highest BCUT2D eigenvalue weighted by Gasteiger charge is 2.27. The van der Waals surface area contributed by atoms with Crippen LogP contribution in [0.4, 0.5) is 0 Å². The Morgan fingerprint density at radius 3 is 2.40 bits per heavy atom. The molecule has 0 bridgehead atoms. The molecule has 2 aromatic carbocycles. The Labute approximate surface area is 179 Å². The molecule has 6 heteroatoms. The smallest absolute Gasteiger partial charge is 0.261 e. The van der Waals surface area contributed by atoms with E-state index in [1.165, 1.54) is 0 Å². The number of amides is 2. The minimum Gasteiger partial charge on any atom is -0.493 e. The van der Waals surface area contributed by atoms with Crippen molar-refractivity contribution in [2.45, 2.75) is 52.7 Å². The standard InChI is InChI=1S/C24H32N2O4/c1-6-18(3)25-24(28)19(4)26(15-20-11-9-10-17(2)14-20)23(27)16-30-22-13-8-7-12-21(22)29-5/h7-14,18-19H,6,15-16H2,1-5H3,(H,25,28)/t18-,19-/m1/s1. The van der Waals surface area contributed by atoms with Crippen LogP contribution in [0.2, 0.25) is 0 Å². The molecule has 0 aliphatic heterocycles. The molecule has 0 fully saturated rings. The molecule has 2 atom stereocenters. The second-order valence-corrected chi connectivity index (χ2v) is 7.44. The summed E-state index contributed by atoms with van der Waals surface area (Å²) < 4.78 is 11.0. The molecule has 6 nitrogen and oxygen atoms in total. The first-order valence-corrected chi connectivity index (χ1v) is 10.3. The van der Waals surface area contributed by atoms with Crippen LogP contribution >= 0.6 is 0 Å². The first-order valence-electron chi connectivity index (χ1n) is 10.3. The summed E-state index contributed by atoms with van der Waals surface area (Å²) in [5.74, 6) is 0.593. The molecule has 0 aromatic heterocycles. The molecular formula is C24H32N2O4. The van der Waals surface area contributed by atoms with Crippen LogP contribution in [0.15, 0.2) is 48.5 Å². The molecule has 30 heavy (non-hydrogen) atoms. The van der Waals surface area contributed by atoms with Gasteiger partial charge in [-0.3, -0.25) is 9.59 Å². The van der Waals surface area contributed by atoms with Crippen LogP contribution in [0.3, 0.4) is 0 Å². The van der Waals surface area contributed by atoms with Gasteiger partial charge in [-0.15, -0.1) is 0 Å². The van der Waals surface area contributed by atoms with Crippen molar-refractivity contribution in [3.8, 4) is 11.5 Å². The second kappa shape index (κ2) is 11.2. The van der Waals surface area contributed by atoms with Gasteiger partial charge in [0.05, 0.1) is 7.11 Å². The maximum absolute atomic E-state index is 13.1. The molecule has 0 unspecified atom stereocenters. The molecule has 0 saturated carbocycles. The van der Waals surface area contributed by atoms with E-state index in [4.69, 9.17) is 9.47 Å². The zero-order chi connectivity index (χ0) is 22.1. The van der Waals surface area contributed by atoms with Crippen molar-refractivity contribution in [1.82, 2.24) is 10.2 Å². The number of nitrogens with zero attached hydrogens (tertiary/aromatic N) is 1. The van der Waals surface area contributed by atoms with E-state index in [9.17, 15) is 9.59 Å². The zero-order valence-corrected chi connectivity index (χ0v) is 18.5. The number of hydrogen-bond acceptors (Lipinski definition) is 4. The zero-order valence-electron chi connectivity index (χ0n) is 18.5. The number of hydrogen-bond donors (Lipinski definition) is 1. The number of benzene rings is 2. The lowest BCUT2D eigenvalue weighted by atomic mass is 10.1. The van der Waals surface area contributed by atoms with Crippen LogP contribution in [0.1, 0.15) is 38.3 Å². The number of carbonyl (C=O) groups excluding carboxylic acids is 2. The number of rotatable bonds is 10. The maximum atomic E-state index is 13.1. The van der Waals surface area contributed by atoms with E-state index in [1.807, 2.05) is 57.2 Å². The second-order valence-electron chi connectivity index (χ2n) is 7.44. The monoisotopic (exact) mass is 412 g/mol. The molecule has 1 N–H and O–H groups in total. The highest BCUT2D eigenvalue weighted by molar-refractivity contribution is 5.88. The number of nitrogens with one attached hydrogen (secondary N) is 1. The summed E-state index contributed by atoms with van der Waals surface area (Å²) in [6, 6.07) is 14.5. The minimum absolute atomic E-state index is 0.0423. The molecule has 2 rings (SSSR count). The Morgan fingerprint density at radius 2 is 1.77 bits per heavy atom. The summed E-state index contributed by atoms with van der Waals surface area (Å²) >= 11 is 0. The maximum Gasteiger partial charge on any atom is 0.261 e. The van der Waals surface area contributed by atoms with Gasteiger partial charge >= 0.3 is 0 Å². The van der Waals surface area contributed by atoms with Gasteiger partial charge in [0.1, 0.15) is 6.04 Å². The van der Waals surface area contributed by atoms with Gasteiger partial charge < -0.3 is 19.7 Å². The molecule has 0 aliphatic rings. The van der Waals surface area contributed by atoms with Crippen LogP contribution in [-0.2, 0) is 16.1 Å². The van der Waals surface area contributed by atoms with Gasteiger partial charge in [-0.2, -0.15) is 0 Å². The molecule has 0 radical (unpaired) electrons. The highest BCUT2D eigenvalue weighted by Crippen LogP contribution is 2.25. The van der Waals surface area contributed by atoms with Gasteiger partial charge in [-0.1, -0.05) is 48.9 Å². The Hall–Kier alpha value is -3.02. The minimum atomic E-state index is -0.631. The average molecular weight is 413 g/mol. The van der Waals surface area contributed by atoms with Crippen LogP contribution in [0, 0.1) is 6.92 Å². The molecule has 2 amide bonds. The fourth-order valence-corrected chi connectivity index (χ4v) is 3.02. The number of para-hydroxylation sites is 2. The molecule has 0 aliphatic carbocycles. The number of aryl methyl sites for hydroxylation is 1. The van der Waals surface area contributed by atoms with Crippen molar-refractivity contribution in [3.63, 3.8) is 0 Å². The summed E-state index contributed by atoms with van der Waals surface area (Å²) in [6.45, 7) is 7.83. The quantitative estimate of drug-likeness (QED) is 0.646. The lowest BCUT2D eigenvalue weighted by molar-refractivity contribution is -0.142. The van der Waals surface area contributed by atoms with Crippen molar-refractivity contribution in [2.24, 2.45) is 0 Å². The van der Waals surface area contributed by atoms with Gasteiger partial charge in [-0.25, -0.2) is 0 Å². The van der Waals surface area contributed by atoms with Crippen LogP contribution in [0.25, 0.3) is 0 Å². The van der Waals surface area contributed by atoms with Crippen molar-refractivity contribution < 1.29 is 19.1 Å². The third-order valence-corrected chi connectivity index (χ3v) is 5.02. The predicted molar refractivity (Wildman–Crippen MR) is 118 cm³/mol. The SMILES string of the molecule is CC[C@@H](C)NC(=O)[C@@H](C)N(Cc1cccc(C)c1)C(=O)COc1ccccc1OC. The van der Waals surface area contributed by atoms with E-state index in [0.717, 1.165) is 17.5 Å². The van der Waals surface area contributed by atoms with Gasteiger partial charge in [0.25, 0.3) is 5.91 Å². The Balaban J connectivity index is 2.18. The third-order valence-electron chi connectivity index (χ3n) is 5.02. The lowest BCUT2D eigenvalue weighted by Crippen LogP contribution is -2.50. The molecule has 2 aromatic rings. The van der Waals surface area contributed by atoms with Gasteiger partial charge in [-0.05, 0) is 44.9 Å². The Morgan fingerprint density at radius 1 is 1.07 bits per heavy atom. The molecule has 0 spiro atoms. The first-order chi connectivity index (χ1) is 14.3. The lowest BCUT2D eigenvalue weighted by Gasteiger charge is -2.29. The van der Waals surface area contributed by atoms with Gasteiger partial charge in [0, 0.05) is 12.6 Å². The number of methoxy groups -OCH3 is 1. The topological polar surface area (TPSA) is 67.9 Å². The van der Waals surface area contributed by atoms with Crippen LogP contribution < -0.4 is 14.8 Å². The number of carbonyl (C=O) groups is 2. The first kappa shape index (κ1) is 23.3. The summed E-state index contributed by atoms with van der Waals surface area (Å²) in [6.07, 6.45) is 0.821. The summed E-state index contributed by atoms with van der Waals surface area (Å²) in [5.41, 5.74) is 2.06. The summed E-state index contributed by atoms with van der Waals surface area (Å²) in [7, 11) is 1.55. The van der Waals surface area contributed by atoms with E-state index in [0.29, 0.717) is 18.0 Å². The molecule has 0 heterocycles. The average Bonchev–Trinajstić information content (AvgIpc) is 2.75. The van der Waals surface area contributed by atoms with Gasteiger partial charge in [0.15, 0.2) is 18.1 Å². The van der Waals surface area contributed by atoms with Crippen molar-refractivity contribution in [3.05, 3.63) is 59.7 Å². The van der Waals surface area contributed by atoms with Crippen molar-refractivity contribution in [1.29, 1.82) is 0 Å². The fraction of sp³-hybridized carbons (Fsp3) is 0.417. The molecule has 0 saturated heterocycles. The normalized spacial score (nSPS) is 12.6. The summed E-state index contributed by atoms with van der Waals surface area (Å²) in [4.78, 5) is 27.4. The Kier molecular flexibility index (Phi) is 8.71. The highest BCUT2D eigenvalue weighted by atomic mass is 16.5. The number of ether oxygens (including phenoxy) is 2. The predicted octanol–water partition coefficient (Wildman–Crippen LogP) is 3.71. The van der Waals surface area contributed by atoms with Crippen molar-refractivity contribution >= 4 is 11.8 Å². The van der Waals surface area contributed by atoms with Crippen LogP contribution in [-0.4, -0.2) is 42.5 Å². The van der Waals surface area contributed by atoms with E-state index in [1.54, 1.807) is 31.1 Å². The van der Waals surface area contributed by atoms with E-state index < -0.39 is 6.04 Å². The largest absolute Gasteiger partial charge is 0.493 e. The molecule has 162 valence electrons. The molecular weight excluding hydrogens is 380 g/mol. The van der Waals surface area contributed by atoms with Crippen molar-refractivity contribution in [2.75, 3.05) is 13.7 Å². The Bertz CT molecular complexity index is 853. The third kappa shape index (κ3) is 6.51. The van der Waals surface area contributed by atoms with E-state index in [-0.39, 0.29) is 24.5 Å². The van der Waals surface area contributed by atoms with E-state index in [2.05, 4.69) is 5.32 Å². The summed E-state index contributed by atoms with van der Waals surface area (Å²) in [5, 5.41) is 2.96. The van der Waals surface area contributed by atoms with E-state index >= 15 is 0 Å².